The van der Waals surface area contributed by atoms with Gasteiger partial charge in [-0.15, -0.1) is 10.2 Å². The number of amides is 1. The Bertz CT molecular complexity index is 1060. The Morgan fingerprint density at radius 1 is 0.963 bits per heavy atom. The van der Waals surface area contributed by atoms with Gasteiger partial charge in [0.25, 0.3) is 0 Å². The van der Waals surface area contributed by atoms with E-state index in [1.165, 1.54) is 0 Å². The summed E-state index contributed by atoms with van der Waals surface area (Å²) >= 11 is 0. The third-order valence-electron chi connectivity index (χ3n) is 4.06. The monoisotopic (exact) mass is 358 g/mol. The van der Waals surface area contributed by atoms with Crippen molar-refractivity contribution in [2.45, 2.75) is 6.42 Å². The molecule has 0 aliphatic heterocycles. The first kappa shape index (κ1) is 16.8. The normalized spacial score (nSPS) is 10.7. The zero-order chi connectivity index (χ0) is 18.5. The molecular formula is C21H18N4O2. The Balaban J connectivity index is 1.41. The second kappa shape index (κ2) is 7.70. The molecule has 134 valence electrons. The Morgan fingerprint density at radius 3 is 2.70 bits per heavy atom. The fraction of sp³-hybridized carbons (Fsp3) is 0.0952. The number of hydrogen-bond donors (Lipinski definition) is 1. The van der Waals surface area contributed by atoms with Crippen molar-refractivity contribution < 1.29 is 9.53 Å². The molecule has 4 rings (SSSR count). The number of ether oxygens (including phenoxy) is 1. The maximum Gasteiger partial charge on any atom is 0.227 e. The second-order valence-corrected chi connectivity index (χ2v) is 5.99. The lowest BCUT2D eigenvalue weighted by atomic mass is 10.2. The van der Waals surface area contributed by atoms with Crippen molar-refractivity contribution in [3.8, 4) is 17.1 Å². The van der Waals surface area contributed by atoms with Crippen molar-refractivity contribution in [2.24, 2.45) is 0 Å². The van der Waals surface area contributed by atoms with E-state index in [0.29, 0.717) is 12.3 Å². The van der Waals surface area contributed by atoms with Gasteiger partial charge in [-0.1, -0.05) is 36.4 Å². The number of nitrogens with zero attached hydrogens (tertiary/aromatic N) is 3. The van der Waals surface area contributed by atoms with E-state index in [0.717, 1.165) is 22.8 Å². The van der Waals surface area contributed by atoms with E-state index < -0.39 is 0 Å². The number of hydrogen-bond acceptors (Lipinski definition) is 4. The summed E-state index contributed by atoms with van der Waals surface area (Å²) in [6.07, 6.45) is 2.18. The van der Waals surface area contributed by atoms with Gasteiger partial charge in [0.15, 0.2) is 11.5 Å². The summed E-state index contributed by atoms with van der Waals surface area (Å²) in [5.74, 6) is 1.38. The van der Waals surface area contributed by atoms with Crippen molar-refractivity contribution in [3.05, 3.63) is 79.0 Å². The number of anilines is 1. The quantitative estimate of drug-likeness (QED) is 0.569. The Hall–Kier alpha value is -3.67. The van der Waals surface area contributed by atoms with Crippen LogP contribution in [0.15, 0.2) is 79.0 Å². The predicted molar refractivity (Wildman–Crippen MR) is 104 cm³/mol. The molecule has 0 bridgehead atoms. The molecule has 6 heteroatoms. The molecule has 0 spiro atoms. The number of carbonyl (C=O) groups is 1. The summed E-state index contributed by atoms with van der Waals surface area (Å²) in [6, 6.07) is 22.8. The number of benzene rings is 2. The summed E-state index contributed by atoms with van der Waals surface area (Å²) in [5, 5.41) is 11.3. The topological polar surface area (TPSA) is 68.5 Å². The highest BCUT2D eigenvalue weighted by Crippen LogP contribution is 2.22. The highest BCUT2D eigenvalue weighted by molar-refractivity contribution is 5.91. The largest absolute Gasteiger partial charge is 0.493 e. The van der Waals surface area contributed by atoms with E-state index in [4.69, 9.17) is 4.74 Å². The molecule has 0 aliphatic rings. The van der Waals surface area contributed by atoms with Crippen molar-refractivity contribution in [1.82, 2.24) is 14.6 Å². The van der Waals surface area contributed by atoms with Crippen LogP contribution in [-0.4, -0.2) is 27.1 Å². The number of para-hydroxylation sites is 1. The van der Waals surface area contributed by atoms with E-state index >= 15 is 0 Å². The van der Waals surface area contributed by atoms with E-state index in [9.17, 15) is 4.79 Å². The number of pyridine rings is 1. The first-order valence-electron chi connectivity index (χ1n) is 8.67. The zero-order valence-corrected chi connectivity index (χ0v) is 14.6. The molecule has 0 fully saturated rings. The van der Waals surface area contributed by atoms with Gasteiger partial charge in [-0.25, -0.2) is 0 Å². The number of rotatable bonds is 6. The lowest BCUT2D eigenvalue weighted by Gasteiger charge is -2.08. The van der Waals surface area contributed by atoms with Gasteiger partial charge in [0.2, 0.25) is 5.91 Å². The molecule has 0 saturated heterocycles. The van der Waals surface area contributed by atoms with Crippen LogP contribution < -0.4 is 10.1 Å². The molecule has 2 aromatic carbocycles. The zero-order valence-electron chi connectivity index (χ0n) is 14.6. The van der Waals surface area contributed by atoms with Crippen LogP contribution in [-0.2, 0) is 4.79 Å². The fourth-order valence-electron chi connectivity index (χ4n) is 2.78. The highest BCUT2D eigenvalue weighted by Gasteiger charge is 2.09. The van der Waals surface area contributed by atoms with Crippen LogP contribution in [0.2, 0.25) is 0 Å². The Labute approximate surface area is 156 Å². The van der Waals surface area contributed by atoms with E-state index in [2.05, 4.69) is 15.5 Å². The van der Waals surface area contributed by atoms with Crippen LogP contribution in [0.1, 0.15) is 6.42 Å². The molecule has 0 aliphatic carbocycles. The van der Waals surface area contributed by atoms with Gasteiger partial charge in [0, 0.05) is 17.4 Å². The molecule has 6 nitrogen and oxygen atoms in total. The lowest BCUT2D eigenvalue weighted by molar-refractivity contribution is -0.116. The van der Waals surface area contributed by atoms with Crippen LogP contribution in [0.4, 0.5) is 5.69 Å². The first-order chi connectivity index (χ1) is 13.3. The molecule has 0 saturated carbocycles. The smallest absolute Gasteiger partial charge is 0.227 e. The van der Waals surface area contributed by atoms with Gasteiger partial charge in [-0.05, 0) is 36.4 Å². The van der Waals surface area contributed by atoms with Crippen LogP contribution in [0.5, 0.6) is 5.75 Å². The average Bonchev–Trinajstić information content (AvgIpc) is 3.13. The summed E-state index contributed by atoms with van der Waals surface area (Å²) in [6.45, 7) is 0.324. The van der Waals surface area contributed by atoms with E-state index in [1.54, 1.807) is 0 Å². The number of nitrogens with one attached hydrogen (secondary N) is 1. The van der Waals surface area contributed by atoms with Crippen LogP contribution in [0.25, 0.3) is 17.0 Å². The average molecular weight is 358 g/mol. The summed E-state index contributed by atoms with van der Waals surface area (Å²) < 4.78 is 7.47. The molecule has 0 atom stereocenters. The molecule has 0 unspecified atom stereocenters. The third-order valence-corrected chi connectivity index (χ3v) is 4.06. The molecule has 1 N–H and O–H groups in total. The SMILES string of the molecule is O=C(CCOc1ccccc1)Nc1cccc(-c2nnc3ccccn23)c1. The minimum Gasteiger partial charge on any atom is -0.493 e. The predicted octanol–water partition coefficient (Wildman–Crippen LogP) is 3.80. The van der Waals surface area contributed by atoms with Crippen LogP contribution in [0, 0.1) is 0 Å². The van der Waals surface area contributed by atoms with Crippen molar-refractivity contribution in [2.75, 3.05) is 11.9 Å². The molecule has 4 aromatic rings. The lowest BCUT2D eigenvalue weighted by Crippen LogP contribution is -2.15. The molecular weight excluding hydrogens is 340 g/mol. The molecule has 2 aromatic heterocycles. The first-order valence-corrected chi connectivity index (χ1v) is 8.67. The molecule has 0 radical (unpaired) electrons. The van der Waals surface area contributed by atoms with Crippen LogP contribution >= 0.6 is 0 Å². The number of fused-ring (bicyclic) bond motifs is 1. The van der Waals surface area contributed by atoms with Crippen molar-refractivity contribution in [1.29, 1.82) is 0 Å². The van der Waals surface area contributed by atoms with Gasteiger partial charge in [-0.2, -0.15) is 0 Å². The molecule has 27 heavy (non-hydrogen) atoms. The maximum atomic E-state index is 12.2. The van der Waals surface area contributed by atoms with Crippen molar-refractivity contribution in [3.63, 3.8) is 0 Å². The van der Waals surface area contributed by atoms with Crippen molar-refractivity contribution >= 4 is 17.2 Å². The summed E-state index contributed by atoms with van der Waals surface area (Å²) in [5.41, 5.74) is 2.37. The van der Waals surface area contributed by atoms with E-state index in [-0.39, 0.29) is 12.3 Å². The van der Waals surface area contributed by atoms with E-state index in [1.807, 2.05) is 83.4 Å². The molecule has 1 amide bonds. The third kappa shape index (κ3) is 3.95. The van der Waals surface area contributed by atoms with Crippen LogP contribution in [0.3, 0.4) is 0 Å². The highest BCUT2D eigenvalue weighted by atomic mass is 16.5. The number of aromatic nitrogens is 3. The molecule has 2 heterocycles. The van der Waals surface area contributed by atoms with Gasteiger partial charge in [0.1, 0.15) is 5.75 Å². The Morgan fingerprint density at radius 2 is 1.81 bits per heavy atom. The standard InChI is InChI=1S/C21H18N4O2/c26-20(12-14-27-18-9-2-1-3-10-18)22-17-8-6-7-16(15-17)21-24-23-19-11-4-5-13-25(19)21/h1-11,13,15H,12,14H2,(H,22,26). The van der Waals surface area contributed by atoms with Gasteiger partial charge >= 0.3 is 0 Å². The minimum atomic E-state index is -0.103. The minimum absolute atomic E-state index is 0.103. The van der Waals surface area contributed by atoms with Gasteiger partial charge in [0.05, 0.1) is 13.0 Å². The number of carbonyl (C=O) groups excluding carboxylic acids is 1. The van der Waals surface area contributed by atoms with Gasteiger partial charge < -0.3 is 10.1 Å². The maximum absolute atomic E-state index is 12.2. The fourth-order valence-corrected chi connectivity index (χ4v) is 2.78. The second-order valence-electron chi connectivity index (χ2n) is 5.99. The summed E-state index contributed by atoms with van der Waals surface area (Å²) in [7, 11) is 0. The summed E-state index contributed by atoms with van der Waals surface area (Å²) in [4.78, 5) is 12.2. The Kier molecular flexibility index (Phi) is 4.78. The van der Waals surface area contributed by atoms with Gasteiger partial charge in [-0.3, -0.25) is 9.20 Å².